The van der Waals surface area contributed by atoms with Gasteiger partial charge in [0.1, 0.15) is 0 Å². The lowest BCUT2D eigenvalue weighted by atomic mass is 10.0. The largest absolute Gasteiger partial charge is 0.466 e. The second-order valence-corrected chi connectivity index (χ2v) is 5.98. The number of nitrogens with zero attached hydrogens (tertiary/aromatic N) is 2. The van der Waals surface area contributed by atoms with Crippen LogP contribution in [0.15, 0.2) is 54.9 Å². The fourth-order valence-electron chi connectivity index (χ4n) is 2.79. The second kappa shape index (κ2) is 8.89. The normalized spacial score (nSPS) is 10.6. The van der Waals surface area contributed by atoms with Crippen molar-refractivity contribution in [3.63, 3.8) is 0 Å². The van der Waals surface area contributed by atoms with Crippen molar-refractivity contribution in [2.45, 2.75) is 19.8 Å². The maximum absolute atomic E-state index is 12.7. The summed E-state index contributed by atoms with van der Waals surface area (Å²) in [5, 5.41) is 3.66. The number of pyridine rings is 2. The number of hydrogen-bond donors (Lipinski definition) is 1. The van der Waals surface area contributed by atoms with Gasteiger partial charge >= 0.3 is 5.97 Å². The van der Waals surface area contributed by atoms with E-state index in [1.54, 1.807) is 25.4 Å². The van der Waals surface area contributed by atoms with Crippen LogP contribution < -0.4 is 5.32 Å². The number of esters is 1. The van der Waals surface area contributed by atoms with Crippen LogP contribution in [-0.2, 0) is 9.53 Å². The van der Waals surface area contributed by atoms with Crippen molar-refractivity contribution < 1.29 is 14.3 Å². The first-order chi connectivity index (χ1) is 13.2. The SMILES string of the molecule is CCOC(=O)CCCNC(=O)c1cc(-c2cccnc2)nc2ccccc12. The molecular weight excluding hydrogens is 342 g/mol. The van der Waals surface area contributed by atoms with Gasteiger partial charge in [-0.2, -0.15) is 0 Å². The van der Waals surface area contributed by atoms with E-state index in [1.807, 2.05) is 36.4 Å². The third-order valence-electron chi connectivity index (χ3n) is 4.07. The van der Waals surface area contributed by atoms with Gasteiger partial charge in [-0.25, -0.2) is 4.98 Å². The van der Waals surface area contributed by atoms with Crippen LogP contribution in [0.3, 0.4) is 0 Å². The molecule has 0 bridgehead atoms. The molecule has 0 unspecified atom stereocenters. The number of carbonyl (C=O) groups is 2. The molecule has 2 heterocycles. The molecule has 1 N–H and O–H groups in total. The van der Waals surface area contributed by atoms with E-state index in [0.29, 0.717) is 30.8 Å². The zero-order valence-electron chi connectivity index (χ0n) is 15.1. The standard InChI is InChI=1S/C21H21N3O3/c1-2-27-20(25)10-6-12-23-21(26)17-13-19(15-7-5-11-22-14-15)24-18-9-4-3-8-16(17)18/h3-5,7-9,11,13-14H,2,6,10,12H2,1H3,(H,23,26). The van der Waals surface area contributed by atoms with E-state index in [-0.39, 0.29) is 18.3 Å². The molecule has 1 amide bonds. The van der Waals surface area contributed by atoms with Gasteiger partial charge < -0.3 is 10.1 Å². The summed E-state index contributed by atoms with van der Waals surface area (Å²) in [6, 6.07) is 13.1. The van der Waals surface area contributed by atoms with Crippen LogP contribution in [0.25, 0.3) is 22.2 Å². The van der Waals surface area contributed by atoms with Crippen molar-refractivity contribution in [1.82, 2.24) is 15.3 Å². The van der Waals surface area contributed by atoms with Crippen molar-refractivity contribution in [3.05, 3.63) is 60.4 Å². The van der Waals surface area contributed by atoms with Crippen LogP contribution in [0.5, 0.6) is 0 Å². The summed E-state index contributed by atoms with van der Waals surface area (Å²) in [4.78, 5) is 32.9. The third kappa shape index (κ3) is 4.67. The van der Waals surface area contributed by atoms with Gasteiger partial charge in [-0.15, -0.1) is 0 Å². The molecule has 0 saturated heterocycles. The summed E-state index contributed by atoms with van der Waals surface area (Å²) in [7, 11) is 0. The first kappa shape index (κ1) is 18.5. The van der Waals surface area contributed by atoms with Gasteiger partial charge in [0.2, 0.25) is 0 Å². The van der Waals surface area contributed by atoms with Gasteiger partial charge in [-0.3, -0.25) is 14.6 Å². The van der Waals surface area contributed by atoms with Gasteiger partial charge in [-0.05, 0) is 37.6 Å². The zero-order chi connectivity index (χ0) is 19.1. The Kier molecular flexibility index (Phi) is 6.10. The molecule has 0 saturated carbocycles. The predicted octanol–water partition coefficient (Wildman–Crippen LogP) is 3.37. The molecule has 6 nitrogen and oxygen atoms in total. The Hall–Kier alpha value is -3.28. The fourth-order valence-corrected chi connectivity index (χ4v) is 2.79. The monoisotopic (exact) mass is 363 g/mol. The fraction of sp³-hybridized carbons (Fsp3) is 0.238. The highest BCUT2D eigenvalue weighted by molar-refractivity contribution is 6.07. The molecule has 27 heavy (non-hydrogen) atoms. The van der Waals surface area contributed by atoms with Crippen molar-refractivity contribution in [1.29, 1.82) is 0 Å². The van der Waals surface area contributed by atoms with Crippen LogP contribution in [-0.4, -0.2) is 35.0 Å². The molecule has 0 radical (unpaired) electrons. The van der Waals surface area contributed by atoms with Crippen molar-refractivity contribution >= 4 is 22.8 Å². The molecule has 3 aromatic rings. The third-order valence-corrected chi connectivity index (χ3v) is 4.07. The first-order valence-corrected chi connectivity index (χ1v) is 8.93. The van der Waals surface area contributed by atoms with E-state index in [1.165, 1.54) is 0 Å². The second-order valence-electron chi connectivity index (χ2n) is 5.98. The highest BCUT2D eigenvalue weighted by Gasteiger charge is 2.14. The molecular formula is C21H21N3O3. The Morgan fingerprint density at radius 3 is 2.78 bits per heavy atom. The molecule has 2 aromatic heterocycles. The molecule has 3 rings (SSSR count). The quantitative estimate of drug-likeness (QED) is 0.514. The highest BCUT2D eigenvalue weighted by atomic mass is 16.5. The minimum absolute atomic E-state index is 0.192. The molecule has 0 aliphatic rings. The molecule has 0 fully saturated rings. The van der Waals surface area contributed by atoms with E-state index in [4.69, 9.17) is 4.74 Å². The molecule has 1 aromatic carbocycles. The molecule has 0 aliphatic heterocycles. The van der Waals surface area contributed by atoms with Crippen LogP contribution in [0, 0.1) is 0 Å². The molecule has 0 atom stereocenters. The smallest absolute Gasteiger partial charge is 0.305 e. The Balaban J connectivity index is 1.80. The van der Waals surface area contributed by atoms with Gasteiger partial charge in [-0.1, -0.05) is 18.2 Å². The maximum atomic E-state index is 12.7. The summed E-state index contributed by atoms with van der Waals surface area (Å²) in [5.41, 5.74) is 2.84. The molecule has 6 heteroatoms. The lowest BCUT2D eigenvalue weighted by molar-refractivity contribution is -0.143. The van der Waals surface area contributed by atoms with Crippen molar-refractivity contribution in [2.75, 3.05) is 13.2 Å². The number of nitrogens with one attached hydrogen (secondary N) is 1. The predicted molar refractivity (Wildman–Crippen MR) is 103 cm³/mol. The van der Waals surface area contributed by atoms with Crippen LogP contribution in [0.2, 0.25) is 0 Å². The topological polar surface area (TPSA) is 81.2 Å². The Morgan fingerprint density at radius 2 is 2.00 bits per heavy atom. The first-order valence-electron chi connectivity index (χ1n) is 8.93. The van der Waals surface area contributed by atoms with Crippen molar-refractivity contribution in [3.8, 4) is 11.3 Å². The lowest BCUT2D eigenvalue weighted by Crippen LogP contribution is -2.25. The number of benzene rings is 1. The van der Waals surface area contributed by atoms with E-state index >= 15 is 0 Å². The summed E-state index contributed by atoms with van der Waals surface area (Å²) >= 11 is 0. The van der Waals surface area contributed by atoms with Gasteiger partial charge in [0.25, 0.3) is 5.91 Å². The zero-order valence-corrected chi connectivity index (χ0v) is 15.1. The number of para-hydroxylation sites is 1. The van der Waals surface area contributed by atoms with E-state index < -0.39 is 0 Å². The minimum atomic E-state index is -0.250. The lowest BCUT2D eigenvalue weighted by Gasteiger charge is -2.10. The Morgan fingerprint density at radius 1 is 1.15 bits per heavy atom. The molecule has 138 valence electrons. The van der Waals surface area contributed by atoms with Crippen LogP contribution in [0.1, 0.15) is 30.1 Å². The average molecular weight is 363 g/mol. The summed E-state index contributed by atoms with van der Waals surface area (Å²) in [6.45, 7) is 2.54. The highest BCUT2D eigenvalue weighted by Crippen LogP contribution is 2.24. The number of aromatic nitrogens is 2. The number of ether oxygens (including phenoxy) is 1. The van der Waals surface area contributed by atoms with E-state index in [2.05, 4.69) is 15.3 Å². The average Bonchev–Trinajstić information content (AvgIpc) is 2.71. The van der Waals surface area contributed by atoms with E-state index in [0.717, 1.165) is 16.5 Å². The maximum Gasteiger partial charge on any atom is 0.305 e. The van der Waals surface area contributed by atoms with Gasteiger partial charge in [0.15, 0.2) is 0 Å². The van der Waals surface area contributed by atoms with E-state index in [9.17, 15) is 9.59 Å². The summed E-state index contributed by atoms with van der Waals surface area (Å²) in [5.74, 6) is -0.442. The Labute approximate surface area is 157 Å². The van der Waals surface area contributed by atoms with Gasteiger partial charge in [0.05, 0.1) is 23.4 Å². The summed E-state index contributed by atoms with van der Waals surface area (Å²) in [6.07, 6.45) is 4.23. The summed E-state index contributed by atoms with van der Waals surface area (Å²) < 4.78 is 4.89. The van der Waals surface area contributed by atoms with Crippen LogP contribution >= 0.6 is 0 Å². The van der Waals surface area contributed by atoms with Crippen LogP contribution in [0.4, 0.5) is 0 Å². The molecule has 0 spiro atoms. The number of fused-ring (bicyclic) bond motifs is 1. The number of rotatable bonds is 7. The number of amides is 1. The van der Waals surface area contributed by atoms with Gasteiger partial charge in [0, 0.05) is 36.3 Å². The number of hydrogen-bond acceptors (Lipinski definition) is 5. The molecule has 0 aliphatic carbocycles. The van der Waals surface area contributed by atoms with Crippen molar-refractivity contribution in [2.24, 2.45) is 0 Å². The minimum Gasteiger partial charge on any atom is -0.466 e. The Bertz CT molecular complexity index is 942. The number of carbonyl (C=O) groups excluding carboxylic acids is 2.